The Kier molecular flexibility index (Phi) is 4.16. The van der Waals surface area contributed by atoms with Gasteiger partial charge in [-0.2, -0.15) is 0 Å². The van der Waals surface area contributed by atoms with Crippen molar-refractivity contribution in [1.82, 2.24) is 5.32 Å². The highest BCUT2D eigenvalue weighted by molar-refractivity contribution is 5.85. The normalized spacial score (nSPS) is 35.6. The molecule has 0 aromatic carbocycles. The van der Waals surface area contributed by atoms with Crippen LogP contribution in [0.1, 0.15) is 12.8 Å². The minimum atomic E-state index is -0.328. The fourth-order valence-electron chi connectivity index (χ4n) is 2.11. The molecule has 2 rings (SSSR count). The summed E-state index contributed by atoms with van der Waals surface area (Å²) in [5.74, 6) is 0.367. The van der Waals surface area contributed by atoms with Crippen molar-refractivity contribution in [1.29, 1.82) is 0 Å². The van der Waals surface area contributed by atoms with E-state index in [-0.39, 0.29) is 30.6 Å². The first-order chi connectivity index (χ1) is 6.31. The van der Waals surface area contributed by atoms with E-state index in [9.17, 15) is 4.79 Å². The quantitative estimate of drug-likeness (QED) is 0.650. The minimum absolute atomic E-state index is 0. The van der Waals surface area contributed by atoms with Crippen LogP contribution in [-0.4, -0.2) is 38.4 Å². The molecule has 2 aliphatic rings. The van der Waals surface area contributed by atoms with Crippen molar-refractivity contribution in [3.05, 3.63) is 0 Å². The van der Waals surface area contributed by atoms with Gasteiger partial charge in [-0.1, -0.05) is 0 Å². The summed E-state index contributed by atoms with van der Waals surface area (Å²) in [6, 6.07) is 0. The molecule has 14 heavy (non-hydrogen) atoms. The third kappa shape index (κ3) is 2.19. The Morgan fingerprint density at radius 2 is 2.21 bits per heavy atom. The molecule has 0 radical (unpaired) electrons. The minimum Gasteiger partial charge on any atom is -0.467 e. The summed E-state index contributed by atoms with van der Waals surface area (Å²) in [6.07, 6.45) is 1.76. The SMILES string of the molecule is COC(=O)[C@@H]1CC[C@H]2CNC[C@@H]2O1.Cl. The van der Waals surface area contributed by atoms with Crippen molar-refractivity contribution in [2.24, 2.45) is 5.92 Å². The fourth-order valence-corrected chi connectivity index (χ4v) is 2.11. The molecule has 0 aromatic rings. The number of esters is 1. The van der Waals surface area contributed by atoms with Crippen molar-refractivity contribution in [2.45, 2.75) is 25.0 Å². The van der Waals surface area contributed by atoms with Gasteiger partial charge in [0, 0.05) is 13.1 Å². The van der Waals surface area contributed by atoms with Crippen LogP contribution in [0.2, 0.25) is 0 Å². The summed E-state index contributed by atoms with van der Waals surface area (Å²) >= 11 is 0. The van der Waals surface area contributed by atoms with E-state index in [1.165, 1.54) is 7.11 Å². The molecule has 0 amide bonds. The van der Waals surface area contributed by atoms with Gasteiger partial charge in [0.25, 0.3) is 0 Å². The van der Waals surface area contributed by atoms with Gasteiger partial charge in [0.1, 0.15) is 0 Å². The lowest BCUT2D eigenvalue weighted by Crippen LogP contribution is -2.39. The Hall–Kier alpha value is -0.320. The average molecular weight is 222 g/mol. The molecule has 0 aromatic heterocycles. The van der Waals surface area contributed by atoms with E-state index in [1.54, 1.807) is 0 Å². The number of nitrogens with one attached hydrogen (secondary N) is 1. The number of methoxy groups -OCH3 is 1. The number of fused-ring (bicyclic) bond motifs is 1. The maximum Gasteiger partial charge on any atom is 0.334 e. The zero-order chi connectivity index (χ0) is 9.26. The van der Waals surface area contributed by atoms with E-state index in [1.807, 2.05) is 0 Å². The molecule has 1 N–H and O–H groups in total. The molecular formula is C9H16ClNO3. The zero-order valence-electron chi connectivity index (χ0n) is 8.19. The molecule has 2 heterocycles. The molecular weight excluding hydrogens is 206 g/mol. The van der Waals surface area contributed by atoms with Gasteiger partial charge in [-0.15, -0.1) is 12.4 Å². The maximum atomic E-state index is 11.2. The third-order valence-corrected chi connectivity index (χ3v) is 2.88. The molecule has 2 fully saturated rings. The number of ether oxygens (including phenoxy) is 2. The van der Waals surface area contributed by atoms with Gasteiger partial charge in [-0.25, -0.2) is 4.79 Å². The highest BCUT2D eigenvalue weighted by Gasteiger charge is 2.37. The van der Waals surface area contributed by atoms with Gasteiger partial charge in [0.15, 0.2) is 6.10 Å². The van der Waals surface area contributed by atoms with Crippen LogP contribution in [0, 0.1) is 5.92 Å². The molecule has 82 valence electrons. The second-order valence-electron chi connectivity index (χ2n) is 3.68. The summed E-state index contributed by atoms with van der Waals surface area (Å²) in [7, 11) is 1.41. The van der Waals surface area contributed by atoms with Crippen LogP contribution in [0.5, 0.6) is 0 Å². The molecule has 0 unspecified atom stereocenters. The number of rotatable bonds is 1. The Morgan fingerprint density at radius 1 is 1.43 bits per heavy atom. The topological polar surface area (TPSA) is 47.6 Å². The van der Waals surface area contributed by atoms with Crippen molar-refractivity contribution in [2.75, 3.05) is 20.2 Å². The van der Waals surface area contributed by atoms with Gasteiger partial charge in [0.2, 0.25) is 0 Å². The summed E-state index contributed by atoms with van der Waals surface area (Å²) in [5.41, 5.74) is 0. The van der Waals surface area contributed by atoms with Crippen LogP contribution in [-0.2, 0) is 14.3 Å². The van der Waals surface area contributed by atoms with E-state index in [4.69, 9.17) is 4.74 Å². The van der Waals surface area contributed by atoms with E-state index in [2.05, 4.69) is 10.1 Å². The van der Waals surface area contributed by atoms with Crippen molar-refractivity contribution in [3.63, 3.8) is 0 Å². The summed E-state index contributed by atoms with van der Waals surface area (Å²) in [5, 5.41) is 3.26. The van der Waals surface area contributed by atoms with Crippen molar-refractivity contribution < 1.29 is 14.3 Å². The number of carbonyl (C=O) groups excluding carboxylic acids is 1. The first-order valence-corrected chi connectivity index (χ1v) is 4.75. The van der Waals surface area contributed by atoms with Gasteiger partial charge in [-0.05, 0) is 18.8 Å². The Bertz CT molecular complexity index is 212. The molecule has 4 nitrogen and oxygen atoms in total. The summed E-state index contributed by atoms with van der Waals surface area (Å²) in [4.78, 5) is 11.2. The average Bonchev–Trinajstić information content (AvgIpc) is 2.63. The largest absolute Gasteiger partial charge is 0.467 e. The molecule has 0 aliphatic carbocycles. The van der Waals surface area contributed by atoms with Crippen LogP contribution < -0.4 is 5.32 Å². The monoisotopic (exact) mass is 221 g/mol. The molecule has 5 heteroatoms. The van der Waals surface area contributed by atoms with E-state index in [0.717, 1.165) is 25.9 Å². The Balaban J connectivity index is 0.000000980. The lowest BCUT2D eigenvalue weighted by molar-refractivity contribution is -0.164. The maximum absolute atomic E-state index is 11.2. The molecule has 0 spiro atoms. The van der Waals surface area contributed by atoms with Gasteiger partial charge in [0.05, 0.1) is 13.2 Å². The summed E-state index contributed by atoms with van der Waals surface area (Å²) in [6.45, 7) is 1.90. The molecule has 3 atom stereocenters. The lowest BCUT2D eigenvalue weighted by Gasteiger charge is -2.29. The highest BCUT2D eigenvalue weighted by atomic mass is 35.5. The lowest BCUT2D eigenvalue weighted by atomic mass is 9.94. The van der Waals surface area contributed by atoms with Crippen LogP contribution in [0.4, 0.5) is 0 Å². The predicted octanol–water partition coefficient (Wildman–Crippen LogP) is 0.348. The van der Waals surface area contributed by atoms with Crippen LogP contribution in [0.3, 0.4) is 0 Å². The number of halogens is 1. The highest BCUT2D eigenvalue weighted by Crippen LogP contribution is 2.27. The second-order valence-corrected chi connectivity index (χ2v) is 3.68. The number of carbonyl (C=O) groups is 1. The molecule has 0 bridgehead atoms. The standard InChI is InChI=1S/C9H15NO3.ClH/c1-12-9(11)7-3-2-6-4-10-5-8(6)13-7;/h6-8,10H,2-5H2,1H3;1H/t6-,7-,8-;/m0./s1. The molecule has 2 saturated heterocycles. The first-order valence-electron chi connectivity index (χ1n) is 4.75. The van der Waals surface area contributed by atoms with Gasteiger partial charge in [-0.3, -0.25) is 0 Å². The predicted molar refractivity (Wildman–Crippen MR) is 53.5 cm³/mol. The van der Waals surface area contributed by atoms with Crippen LogP contribution in [0.25, 0.3) is 0 Å². The van der Waals surface area contributed by atoms with Crippen LogP contribution in [0.15, 0.2) is 0 Å². The summed E-state index contributed by atoms with van der Waals surface area (Å²) < 4.78 is 10.3. The Morgan fingerprint density at radius 3 is 2.93 bits per heavy atom. The molecule has 2 aliphatic heterocycles. The number of hydrogen-bond donors (Lipinski definition) is 1. The van der Waals surface area contributed by atoms with E-state index < -0.39 is 0 Å². The van der Waals surface area contributed by atoms with Crippen molar-refractivity contribution in [3.8, 4) is 0 Å². The van der Waals surface area contributed by atoms with Crippen molar-refractivity contribution >= 4 is 18.4 Å². The molecule has 0 saturated carbocycles. The fraction of sp³-hybridized carbons (Fsp3) is 0.889. The zero-order valence-corrected chi connectivity index (χ0v) is 9.01. The van der Waals surface area contributed by atoms with E-state index >= 15 is 0 Å². The van der Waals surface area contributed by atoms with Crippen LogP contribution >= 0.6 is 12.4 Å². The van der Waals surface area contributed by atoms with E-state index in [0.29, 0.717) is 5.92 Å². The van der Waals surface area contributed by atoms with Gasteiger partial charge >= 0.3 is 5.97 Å². The second kappa shape index (κ2) is 4.96. The Labute approximate surface area is 89.7 Å². The first kappa shape index (κ1) is 11.8. The number of hydrogen-bond acceptors (Lipinski definition) is 4. The third-order valence-electron chi connectivity index (χ3n) is 2.88. The van der Waals surface area contributed by atoms with Gasteiger partial charge < -0.3 is 14.8 Å². The smallest absolute Gasteiger partial charge is 0.334 e.